The van der Waals surface area contributed by atoms with Crippen LogP contribution in [0.3, 0.4) is 0 Å². The maximum atomic E-state index is 12.5. The Hall–Kier alpha value is -2.69. The minimum atomic E-state index is -3.67. The van der Waals surface area contributed by atoms with Crippen molar-refractivity contribution >= 4 is 27.7 Å². The summed E-state index contributed by atoms with van der Waals surface area (Å²) in [4.78, 5) is 13.2. The van der Waals surface area contributed by atoms with Crippen LogP contribution in [-0.2, 0) is 16.4 Å². The monoisotopic (exact) mass is 542 g/mol. The highest BCUT2D eigenvalue weighted by Gasteiger charge is 2.18. The topological polar surface area (TPSA) is 116 Å². The van der Waals surface area contributed by atoms with Gasteiger partial charge in [-0.05, 0) is 40.8 Å². The number of aliphatic hydroxyl groups excluding tert-OH is 2. The summed E-state index contributed by atoms with van der Waals surface area (Å²) in [6.07, 6.45) is 0.897. The third kappa shape index (κ3) is 8.98. The van der Waals surface area contributed by atoms with Crippen LogP contribution in [0.25, 0.3) is 11.1 Å². The third-order valence-electron chi connectivity index (χ3n) is 5.64. The Morgan fingerprint density at radius 3 is 2.22 bits per heavy atom. The van der Waals surface area contributed by atoms with E-state index in [2.05, 4.69) is 5.32 Å². The van der Waals surface area contributed by atoms with E-state index in [0.717, 1.165) is 28.5 Å². The average Bonchev–Trinajstić information content (AvgIpc) is 2.85. The molecule has 9 heteroatoms. The zero-order valence-corrected chi connectivity index (χ0v) is 22.9. The molecule has 0 saturated carbocycles. The molecule has 0 heterocycles. The fourth-order valence-electron chi connectivity index (χ4n) is 3.85. The molecule has 3 aromatic rings. The molecule has 0 aliphatic carbocycles. The van der Waals surface area contributed by atoms with Gasteiger partial charge in [0.1, 0.15) is 0 Å². The van der Waals surface area contributed by atoms with Crippen molar-refractivity contribution in [1.29, 1.82) is 0 Å². The molecule has 0 spiro atoms. The lowest BCUT2D eigenvalue weighted by molar-refractivity contribution is 0.0979. The summed E-state index contributed by atoms with van der Waals surface area (Å²) in [6, 6.07) is 22.5. The van der Waals surface area contributed by atoms with Crippen LogP contribution in [0.1, 0.15) is 41.4 Å². The quantitative estimate of drug-likeness (QED) is 0.258. The number of thioether (sulfide) groups is 1. The molecule has 4 N–H and O–H groups in total. The fraction of sp³-hybridized carbons (Fsp3) is 0.321. The second-order valence-electron chi connectivity index (χ2n) is 9.20. The normalized spacial score (nSPS) is 13.4. The number of carbonyl (C=O) groups is 1. The van der Waals surface area contributed by atoms with E-state index >= 15 is 0 Å². The van der Waals surface area contributed by atoms with Crippen molar-refractivity contribution in [2.24, 2.45) is 0 Å². The van der Waals surface area contributed by atoms with Crippen LogP contribution in [0.4, 0.5) is 0 Å². The molecule has 0 fully saturated rings. The predicted molar refractivity (Wildman–Crippen MR) is 149 cm³/mol. The molecule has 3 rings (SSSR count). The lowest BCUT2D eigenvalue weighted by Crippen LogP contribution is -2.37. The number of hydrogen-bond donors (Lipinski definition) is 4. The average molecular weight is 543 g/mol. The van der Waals surface area contributed by atoms with E-state index < -0.39 is 22.0 Å². The smallest absolute Gasteiger partial charge is 0.265 e. The maximum absolute atomic E-state index is 12.5. The maximum Gasteiger partial charge on any atom is 0.265 e. The zero-order chi connectivity index (χ0) is 27.0. The van der Waals surface area contributed by atoms with Gasteiger partial charge in [0, 0.05) is 22.7 Å². The number of rotatable bonds is 12. The molecule has 2 atom stereocenters. The highest BCUT2D eigenvalue weighted by molar-refractivity contribution is 8.00. The van der Waals surface area contributed by atoms with Crippen LogP contribution in [0.15, 0.2) is 77.7 Å². The van der Waals surface area contributed by atoms with Gasteiger partial charge >= 0.3 is 0 Å². The zero-order valence-electron chi connectivity index (χ0n) is 21.2. The molecule has 0 bridgehead atoms. The fourth-order valence-corrected chi connectivity index (χ4v) is 5.29. The van der Waals surface area contributed by atoms with E-state index in [1.54, 1.807) is 12.1 Å². The van der Waals surface area contributed by atoms with E-state index in [1.807, 2.05) is 79.2 Å². The summed E-state index contributed by atoms with van der Waals surface area (Å²) in [6.45, 7) is 4.29. The molecule has 0 radical (unpaired) electrons. The first-order valence-corrected chi connectivity index (χ1v) is 14.8. The second kappa shape index (κ2) is 13.2. The molecule has 0 saturated heterocycles. The van der Waals surface area contributed by atoms with Gasteiger partial charge in [-0.3, -0.25) is 4.79 Å². The van der Waals surface area contributed by atoms with Crippen LogP contribution < -0.4 is 10.0 Å². The number of hydrogen-bond acceptors (Lipinski definition) is 7. The Morgan fingerprint density at radius 1 is 0.973 bits per heavy atom. The number of aliphatic hydroxyl groups is 2. The van der Waals surface area contributed by atoms with Crippen LogP contribution in [0.5, 0.6) is 0 Å². The van der Waals surface area contributed by atoms with E-state index in [0.29, 0.717) is 23.4 Å². The van der Waals surface area contributed by atoms with E-state index in [1.165, 1.54) is 11.8 Å². The Labute approximate surface area is 223 Å². The van der Waals surface area contributed by atoms with Crippen molar-refractivity contribution in [3.63, 3.8) is 0 Å². The van der Waals surface area contributed by atoms with E-state index in [-0.39, 0.29) is 17.9 Å². The molecule has 0 aromatic heterocycles. The highest BCUT2D eigenvalue weighted by atomic mass is 32.2. The third-order valence-corrected chi connectivity index (χ3v) is 7.26. The summed E-state index contributed by atoms with van der Waals surface area (Å²) >= 11 is 1.50. The Morgan fingerprint density at radius 2 is 1.62 bits per heavy atom. The molecular formula is C28H34N2O5S2. The molecule has 1 amide bonds. The SMILES string of the molecule is CC(C)Sc1cc(-c2ccc(C[C@@H](CO)NC[C@@H](O)c3ccccc3)cc2)ccc1C(=O)NS(C)(=O)=O. The van der Waals surface area contributed by atoms with Crippen molar-refractivity contribution < 1.29 is 23.4 Å². The number of amides is 1. The number of carbonyl (C=O) groups excluding carboxylic acids is 1. The number of sulfonamides is 1. The van der Waals surface area contributed by atoms with Gasteiger partial charge in [0.05, 0.1) is 24.5 Å². The standard InChI is InChI=1S/C28H34N2O5S2/c1-19(2)36-27-16-23(13-14-25(27)28(33)30-37(3,34)35)21-11-9-20(10-12-21)15-24(18-31)29-17-26(32)22-7-5-4-6-8-22/h4-14,16,19,24,26,29,31-32H,15,17-18H2,1-3H3,(H,30,33)/t24-,26+/m0/s1. The van der Waals surface area contributed by atoms with Crippen molar-refractivity contribution in [3.8, 4) is 11.1 Å². The largest absolute Gasteiger partial charge is 0.395 e. The summed E-state index contributed by atoms with van der Waals surface area (Å²) in [5.74, 6) is -0.646. The van der Waals surface area contributed by atoms with Crippen LogP contribution in [0.2, 0.25) is 0 Å². The molecule has 0 unspecified atom stereocenters. The van der Waals surface area contributed by atoms with Crippen LogP contribution in [0, 0.1) is 0 Å². The van der Waals surface area contributed by atoms with Crippen LogP contribution >= 0.6 is 11.8 Å². The Kier molecular flexibility index (Phi) is 10.3. The number of benzene rings is 3. The van der Waals surface area contributed by atoms with Gasteiger partial charge in [0.15, 0.2) is 0 Å². The molecule has 7 nitrogen and oxygen atoms in total. The first-order chi connectivity index (χ1) is 17.6. The molecule has 0 aliphatic rings. The highest BCUT2D eigenvalue weighted by Crippen LogP contribution is 2.32. The van der Waals surface area contributed by atoms with Gasteiger partial charge in [0.25, 0.3) is 5.91 Å². The first-order valence-electron chi connectivity index (χ1n) is 12.0. The van der Waals surface area contributed by atoms with Crippen molar-refractivity contribution in [2.45, 2.75) is 42.6 Å². The predicted octanol–water partition coefficient (Wildman–Crippen LogP) is 3.77. The molecule has 0 aliphatic heterocycles. The molecular weight excluding hydrogens is 508 g/mol. The van der Waals surface area contributed by atoms with Crippen molar-refractivity contribution in [3.05, 3.63) is 89.5 Å². The Balaban J connectivity index is 1.70. The minimum Gasteiger partial charge on any atom is -0.395 e. The molecule has 37 heavy (non-hydrogen) atoms. The lowest BCUT2D eigenvalue weighted by atomic mass is 9.99. The second-order valence-corrected chi connectivity index (χ2v) is 12.6. The van der Waals surface area contributed by atoms with Gasteiger partial charge in [0.2, 0.25) is 10.0 Å². The van der Waals surface area contributed by atoms with Crippen LogP contribution in [-0.4, -0.2) is 55.2 Å². The lowest BCUT2D eigenvalue weighted by Gasteiger charge is -2.19. The van der Waals surface area contributed by atoms with Gasteiger partial charge < -0.3 is 15.5 Å². The molecule has 3 aromatic carbocycles. The van der Waals surface area contributed by atoms with Crippen molar-refractivity contribution in [2.75, 3.05) is 19.4 Å². The van der Waals surface area contributed by atoms with Gasteiger partial charge in [-0.25, -0.2) is 13.1 Å². The summed E-state index contributed by atoms with van der Waals surface area (Å²) in [5, 5.41) is 23.6. The summed E-state index contributed by atoms with van der Waals surface area (Å²) in [5.41, 5.74) is 4.04. The Bertz CT molecular complexity index is 1280. The van der Waals surface area contributed by atoms with E-state index in [9.17, 15) is 23.4 Å². The first kappa shape index (κ1) is 28.9. The number of nitrogens with one attached hydrogen (secondary N) is 2. The molecule has 198 valence electrons. The van der Waals surface area contributed by atoms with Gasteiger partial charge in [-0.2, -0.15) is 0 Å². The van der Waals surface area contributed by atoms with Gasteiger partial charge in [-0.1, -0.05) is 74.5 Å². The van der Waals surface area contributed by atoms with Gasteiger partial charge in [-0.15, -0.1) is 11.8 Å². The minimum absolute atomic E-state index is 0.0595. The summed E-state index contributed by atoms with van der Waals surface area (Å²) < 4.78 is 25.1. The summed E-state index contributed by atoms with van der Waals surface area (Å²) in [7, 11) is -3.67. The van der Waals surface area contributed by atoms with Crippen molar-refractivity contribution in [1.82, 2.24) is 10.0 Å². The van der Waals surface area contributed by atoms with E-state index in [4.69, 9.17) is 0 Å².